The van der Waals surface area contributed by atoms with Gasteiger partial charge in [-0.15, -0.1) is 0 Å². The van der Waals surface area contributed by atoms with Crippen LogP contribution in [0.15, 0.2) is 18.2 Å². The van der Waals surface area contributed by atoms with Gasteiger partial charge in [-0.25, -0.2) is 0 Å². The highest BCUT2D eigenvalue weighted by Crippen LogP contribution is 2.46. The molecule has 0 bridgehead atoms. The molecule has 0 saturated heterocycles. The van der Waals surface area contributed by atoms with Crippen LogP contribution in [0.5, 0.6) is 5.75 Å². The Morgan fingerprint density at radius 1 is 1.26 bits per heavy atom. The summed E-state index contributed by atoms with van der Waals surface area (Å²) in [7, 11) is 0. The summed E-state index contributed by atoms with van der Waals surface area (Å²) in [5.74, 6) is 2.30. The number of hydrogen-bond acceptors (Lipinski definition) is 2. The molecular weight excluding hydrogens is 234 g/mol. The lowest BCUT2D eigenvalue weighted by Crippen LogP contribution is -2.48. The van der Waals surface area contributed by atoms with Gasteiger partial charge in [0.15, 0.2) is 0 Å². The van der Waals surface area contributed by atoms with Crippen LogP contribution in [-0.2, 0) is 12.0 Å². The van der Waals surface area contributed by atoms with Crippen LogP contribution in [0.2, 0.25) is 0 Å². The number of rotatable bonds is 1. The van der Waals surface area contributed by atoms with Crippen molar-refractivity contribution in [2.45, 2.75) is 51.5 Å². The lowest BCUT2D eigenvalue weighted by atomic mass is 9.65. The van der Waals surface area contributed by atoms with Crippen LogP contribution in [-0.4, -0.2) is 6.61 Å². The number of para-hydroxylation sites is 1. The average Bonchev–Trinajstić information content (AvgIpc) is 2.44. The summed E-state index contributed by atoms with van der Waals surface area (Å²) in [6.45, 7) is 5.48. The second-order valence-electron chi connectivity index (χ2n) is 6.44. The first kappa shape index (κ1) is 13.0. The molecule has 2 heteroatoms. The fraction of sp³-hybridized carbons (Fsp3) is 0.647. The highest BCUT2D eigenvalue weighted by atomic mass is 16.5. The zero-order valence-electron chi connectivity index (χ0n) is 12.1. The van der Waals surface area contributed by atoms with Crippen molar-refractivity contribution in [1.29, 1.82) is 0 Å². The summed E-state index contributed by atoms with van der Waals surface area (Å²) in [5.41, 5.74) is 9.25. The molecule has 1 aliphatic heterocycles. The van der Waals surface area contributed by atoms with Crippen molar-refractivity contribution >= 4 is 0 Å². The molecule has 2 nitrogen and oxygen atoms in total. The van der Waals surface area contributed by atoms with Gasteiger partial charge >= 0.3 is 0 Å². The lowest BCUT2D eigenvalue weighted by Gasteiger charge is -2.44. The predicted molar refractivity (Wildman–Crippen MR) is 78.3 cm³/mol. The molecule has 0 aromatic heterocycles. The molecular formula is C17H25NO. The molecule has 1 aromatic carbocycles. The molecule has 1 aromatic rings. The van der Waals surface area contributed by atoms with Crippen molar-refractivity contribution in [3.05, 3.63) is 29.3 Å². The monoisotopic (exact) mass is 259 g/mol. The van der Waals surface area contributed by atoms with E-state index in [9.17, 15) is 0 Å². The molecule has 3 rings (SSSR count). The molecule has 1 fully saturated rings. The van der Waals surface area contributed by atoms with Gasteiger partial charge < -0.3 is 10.5 Å². The maximum absolute atomic E-state index is 6.86. The van der Waals surface area contributed by atoms with Crippen molar-refractivity contribution in [2.24, 2.45) is 17.6 Å². The third-order valence-corrected chi connectivity index (χ3v) is 5.35. The van der Waals surface area contributed by atoms with Gasteiger partial charge in [-0.05, 0) is 36.7 Å². The minimum Gasteiger partial charge on any atom is -0.493 e. The second-order valence-corrected chi connectivity index (χ2v) is 6.44. The molecule has 3 atom stereocenters. The summed E-state index contributed by atoms with van der Waals surface area (Å²) < 4.78 is 5.98. The Morgan fingerprint density at radius 3 is 2.95 bits per heavy atom. The number of hydrogen-bond donors (Lipinski definition) is 1. The molecule has 19 heavy (non-hydrogen) atoms. The van der Waals surface area contributed by atoms with E-state index in [2.05, 4.69) is 32.0 Å². The first-order valence-corrected chi connectivity index (χ1v) is 7.67. The van der Waals surface area contributed by atoms with Gasteiger partial charge in [0.05, 0.1) is 6.61 Å². The summed E-state index contributed by atoms with van der Waals surface area (Å²) >= 11 is 0. The fourth-order valence-corrected chi connectivity index (χ4v) is 3.84. The van der Waals surface area contributed by atoms with Crippen molar-refractivity contribution in [1.82, 2.24) is 0 Å². The molecule has 0 spiro atoms. The smallest absolute Gasteiger partial charge is 0.127 e. The van der Waals surface area contributed by atoms with Crippen LogP contribution in [0.4, 0.5) is 0 Å². The van der Waals surface area contributed by atoms with E-state index in [1.807, 2.05) is 0 Å². The maximum Gasteiger partial charge on any atom is 0.127 e. The van der Waals surface area contributed by atoms with Crippen LogP contribution in [0.3, 0.4) is 0 Å². The molecule has 1 saturated carbocycles. The highest BCUT2D eigenvalue weighted by Gasteiger charge is 2.41. The van der Waals surface area contributed by atoms with Gasteiger partial charge in [0.1, 0.15) is 5.75 Å². The van der Waals surface area contributed by atoms with E-state index in [0.717, 1.165) is 31.6 Å². The molecule has 1 heterocycles. The van der Waals surface area contributed by atoms with Crippen LogP contribution in [0.25, 0.3) is 0 Å². The molecule has 0 amide bonds. The van der Waals surface area contributed by atoms with E-state index in [4.69, 9.17) is 10.5 Å². The fourth-order valence-electron chi connectivity index (χ4n) is 3.84. The molecule has 3 unspecified atom stereocenters. The van der Waals surface area contributed by atoms with E-state index in [1.54, 1.807) is 0 Å². The van der Waals surface area contributed by atoms with Crippen LogP contribution in [0.1, 0.15) is 50.7 Å². The van der Waals surface area contributed by atoms with Crippen LogP contribution in [0, 0.1) is 11.8 Å². The van der Waals surface area contributed by atoms with E-state index >= 15 is 0 Å². The minimum absolute atomic E-state index is 0.208. The molecule has 2 aliphatic rings. The van der Waals surface area contributed by atoms with Gasteiger partial charge in [-0.1, -0.05) is 44.9 Å². The quantitative estimate of drug-likeness (QED) is 0.836. The van der Waals surface area contributed by atoms with Gasteiger partial charge in [0.25, 0.3) is 0 Å². The van der Waals surface area contributed by atoms with Gasteiger partial charge in [0.2, 0.25) is 0 Å². The summed E-state index contributed by atoms with van der Waals surface area (Å²) in [6, 6.07) is 6.54. The first-order valence-electron chi connectivity index (χ1n) is 7.67. The van der Waals surface area contributed by atoms with E-state index in [1.165, 1.54) is 24.0 Å². The molecule has 2 N–H and O–H groups in total. The normalized spacial score (nSPS) is 34.5. The van der Waals surface area contributed by atoms with Crippen molar-refractivity contribution in [3.63, 3.8) is 0 Å². The Hall–Kier alpha value is -1.02. The summed E-state index contributed by atoms with van der Waals surface area (Å²) in [4.78, 5) is 0. The zero-order valence-corrected chi connectivity index (χ0v) is 12.1. The van der Waals surface area contributed by atoms with E-state index in [0.29, 0.717) is 11.8 Å². The zero-order chi connectivity index (χ0) is 13.5. The Kier molecular flexibility index (Phi) is 3.30. The minimum atomic E-state index is -0.208. The van der Waals surface area contributed by atoms with Gasteiger partial charge in [0, 0.05) is 11.1 Å². The van der Waals surface area contributed by atoms with E-state index in [-0.39, 0.29) is 5.54 Å². The van der Waals surface area contributed by atoms with Crippen molar-refractivity contribution in [3.8, 4) is 5.75 Å². The molecule has 0 radical (unpaired) electrons. The van der Waals surface area contributed by atoms with Gasteiger partial charge in [-0.2, -0.15) is 0 Å². The first-order chi connectivity index (χ1) is 9.13. The molecule has 1 aliphatic carbocycles. The largest absolute Gasteiger partial charge is 0.493 e. The lowest BCUT2D eigenvalue weighted by molar-refractivity contribution is 0.138. The second kappa shape index (κ2) is 4.82. The van der Waals surface area contributed by atoms with Crippen LogP contribution >= 0.6 is 0 Å². The summed E-state index contributed by atoms with van der Waals surface area (Å²) in [5, 5.41) is 0. The Labute approximate surface area is 116 Å². The van der Waals surface area contributed by atoms with Crippen molar-refractivity contribution < 1.29 is 4.74 Å². The number of fused-ring (bicyclic) bond motifs is 1. The standard InChI is InChI=1S/C17H25NO/c1-12-6-4-10-17(18,13(12)2)15-9-3-7-14-8-5-11-19-16(14)15/h3,7,9,12-13H,4-6,8,10-11,18H2,1-2H3. The Balaban J connectivity index is 2.05. The van der Waals surface area contributed by atoms with Crippen LogP contribution < -0.4 is 10.5 Å². The SMILES string of the molecule is CC1CCCC(N)(c2cccc3c2OCCC3)C1C. The van der Waals surface area contributed by atoms with E-state index < -0.39 is 0 Å². The van der Waals surface area contributed by atoms with Gasteiger partial charge in [-0.3, -0.25) is 0 Å². The topological polar surface area (TPSA) is 35.2 Å². The Bertz CT molecular complexity index is 470. The number of aryl methyl sites for hydroxylation is 1. The number of ether oxygens (including phenoxy) is 1. The van der Waals surface area contributed by atoms with Crippen molar-refractivity contribution in [2.75, 3.05) is 6.61 Å². The maximum atomic E-state index is 6.86. The predicted octanol–water partition coefficient (Wildman–Crippen LogP) is 3.62. The average molecular weight is 259 g/mol. The summed E-state index contributed by atoms with van der Waals surface area (Å²) in [6.07, 6.45) is 5.86. The third-order valence-electron chi connectivity index (χ3n) is 5.35. The highest BCUT2D eigenvalue weighted by molar-refractivity contribution is 5.47. The molecule has 104 valence electrons. The number of benzene rings is 1. The third kappa shape index (κ3) is 2.06. The number of nitrogens with two attached hydrogens (primary N) is 1. The Morgan fingerprint density at radius 2 is 2.11 bits per heavy atom.